The average Bonchev–Trinajstić information content (AvgIpc) is 2.77. The van der Waals surface area contributed by atoms with Gasteiger partial charge in [0.1, 0.15) is 17.7 Å². The van der Waals surface area contributed by atoms with Crippen molar-refractivity contribution >= 4 is 18.0 Å². The molecule has 3 atom stereocenters. The van der Waals surface area contributed by atoms with Crippen molar-refractivity contribution in [2.24, 2.45) is 5.41 Å². The van der Waals surface area contributed by atoms with Gasteiger partial charge in [-0.3, -0.25) is 9.69 Å². The molecule has 1 fully saturated rings. The number of hydrogen-bond donors (Lipinski definition) is 2. The Morgan fingerprint density at radius 2 is 1.68 bits per heavy atom. The first-order valence-corrected chi connectivity index (χ1v) is 8.32. The number of amides is 2. The predicted octanol–water partition coefficient (Wildman–Crippen LogP) is 1.31. The molecule has 0 saturated carbocycles. The number of β-amino-alcohol motifs (C(OH)–C–C–N with tert-alkyl or cyclic N) is 1. The molecule has 0 aromatic rings. The highest BCUT2D eigenvalue weighted by Crippen LogP contribution is 2.30. The zero-order chi connectivity index (χ0) is 19.7. The zero-order valence-corrected chi connectivity index (χ0v) is 16.1. The van der Waals surface area contributed by atoms with E-state index in [2.05, 4.69) is 0 Å². The minimum atomic E-state index is -1.17. The van der Waals surface area contributed by atoms with Gasteiger partial charge in [0.15, 0.2) is 0 Å². The highest BCUT2D eigenvalue weighted by molar-refractivity contribution is 5.90. The van der Waals surface area contributed by atoms with E-state index in [0.717, 1.165) is 4.90 Å². The molecule has 0 spiro atoms. The van der Waals surface area contributed by atoms with Crippen molar-refractivity contribution in [3.63, 3.8) is 0 Å². The minimum Gasteiger partial charge on any atom is -0.480 e. The van der Waals surface area contributed by atoms with Gasteiger partial charge in [0.2, 0.25) is 5.91 Å². The fraction of sp³-hybridized carbons (Fsp3) is 0.824. The van der Waals surface area contributed by atoms with Crippen molar-refractivity contribution in [2.75, 3.05) is 13.6 Å². The maximum absolute atomic E-state index is 13.1. The number of carbonyl (C=O) groups excluding carboxylic acids is 2. The van der Waals surface area contributed by atoms with E-state index in [1.807, 2.05) is 0 Å². The molecular weight excluding hydrogens is 328 g/mol. The summed E-state index contributed by atoms with van der Waals surface area (Å²) in [7, 11) is 1.46. The zero-order valence-electron chi connectivity index (χ0n) is 16.1. The normalized spacial score (nSPS) is 22.5. The van der Waals surface area contributed by atoms with Crippen LogP contribution in [0, 0.1) is 5.41 Å². The van der Waals surface area contributed by atoms with Crippen molar-refractivity contribution in [3.05, 3.63) is 0 Å². The summed E-state index contributed by atoms with van der Waals surface area (Å²) in [6.45, 7) is 10.5. The maximum Gasteiger partial charge on any atom is 0.410 e. The van der Waals surface area contributed by atoms with Gasteiger partial charge in [-0.2, -0.15) is 0 Å². The molecule has 0 aromatic carbocycles. The van der Waals surface area contributed by atoms with E-state index in [9.17, 15) is 24.6 Å². The molecule has 2 N–H and O–H groups in total. The maximum atomic E-state index is 13.1. The van der Waals surface area contributed by atoms with E-state index < -0.39 is 47.2 Å². The summed E-state index contributed by atoms with van der Waals surface area (Å²) in [5.41, 5.74) is -1.37. The third-order valence-electron chi connectivity index (χ3n) is 3.97. The monoisotopic (exact) mass is 358 g/mol. The number of ether oxygens (including phenoxy) is 1. The highest BCUT2D eigenvalue weighted by Gasteiger charge is 2.46. The lowest BCUT2D eigenvalue weighted by Crippen LogP contribution is -2.57. The van der Waals surface area contributed by atoms with Crippen LogP contribution >= 0.6 is 0 Å². The largest absolute Gasteiger partial charge is 0.480 e. The molecule has 0 unspecified atom stereocenters. The third-order valence-corrected chi connectivity index (χ3v) is 3.97. The smallest absolute Gasteiger partial charge is 0.410 e. The molecular formula is C17H30N2O6. The van der Waals surface area contributed by atoms with Crippen molar-refractivity contribution in [3.8, 4) is 0 Å². The molecule has 8 heteroatoms. The second kappa shape index (κ2) is 7.19. The van der Waals surface area contributed by atoms with Crippen LogP contribution in [0.5, 0.6) is 0 Å². The quantitative estimate of drug-likeness (QED) is 0.788. The van der Waals surface area contributed by atoms with E-state index >= 15 is 0 Å². The fourth-order valence-electron chi connectivity index (χ4n) is 3.00. The van der Waals surface area contributed by atoms with Crippen molar-refractivity contribution in [1.82, 2.24) is 9.80 Å². The molecule has 144 valence electrons. The van der Waals surface area contributed by atoms with E-state index in [-0.39, 0.29) is 13.0 Å². The molecule has 1 rings (SSSR count). The third kappa shape index (κ3) is 5.32. The van der Waals surface area contributed by atoms with Crippen LogP contribution in [-0.2, 0) is 14.3 Å². The molecule has 1 saturated heterocycles. The Bertz CT molecular complexity index is 534. The number of likely N-dealkylation sites (N-methyl/N-ethyl adjacent to an activating group) is 1. The van der Waals surface area contributed by atoms with Crippen molar-refractivity contribution < 1.29 is 29.3 Å². The van der Waals surface area contributed by atoms with E-state index in [0.29, 0.717) is 0 Å². The van der Waals surface area contributed by atoms with Gasteiger partial charge in [0, 0.05) is 20.0 Å². The minimum absolute atomic E-state index is 0.0198. The number of carbonyl (C=O) groups is 3. The van der Waals surface area contributed by atoms with E-state index in [1.165, 1.54) is 11.9 Å². The van der Waals surface area contributed by atoms with Gasteiger partial charge in [-0.15, -0.1) is 0 Å². The lowest BCUT2D eigenvalue weighted by atomic mass is 9.84. The van der Waals surface area contributed by atoms with Gasteiger partial charge in [-0.1, -0.05) is 20.8 Å². The molecule has 0 bridgehead atoms. The molecule has 0 aromatic heterocycles. The molecule has 0 radical (unpaired) electrons. The molecule has 25 heavy (non-hydrogen) atoms. The summed E-state index contributed by atoms with van der Waals surface area (Å²) in [6.07, 6.45) is -1.57. The molecule has 0 aliphatic carbocycles. The Balaban J connectivity index is 3.12. The number of aliphatic hydroxyl groups excluding tert-OH is 1. The molecule has 1 aliphatic heterocycles. The number of rotatable bonds is 3. The van der Waals surface area contributed by atoms with Crippen LogP contribution in [-0.4, -0.2) is 75.4 Å². The fourth-order valence-corrected chi connectivity index (χ4v) is 3.00. The van der Waals surface area contributed by atoms with Crippen LogP contribution < -0.4 is 0 Å². The van der Waals surface area contributed by atoms with Crippen molar-refractivity contribution in [2.45, 2.75) is 71.8 Å². The second-order valence-electron chi connectivity index (χ2n) is 8.59. The predicted molar refractivity (Wildman–Crippen MR) is 91.0 cm³/mol. The number of carboxylic acid groups (broad SMARTS) is 1. The number of aliphatic hydroxyl groups is 1. The number of aliphatic carboxylic acids is 1. The summed E-state index contributed by atoms with van der Waals surface area (Å²) in [4.78, 5) is 39.2. The molecule has 1 heterocycles. The number of carboxylic acids is 1. The van der Waals surface area contributed by atoms with Gasteiger partial charge in [-0.25, -0.2) is 9.59 Å². The first-order chi connectivity index (χ1) is 11.1. The summed E-state index contributed by atoms with van der Waals surface area (Å²) < 4.78 is 5.33. The van der Waals surface area contributed by atoms with Gasteiger partial charge >= 0.3 is 12.1 Å². The molecule has 2 amide bonds. The summed E-state index contributed by atoms with van der Waals surface area (Å²) in [5.74, 6) is -1.68. The van der Waals surface area contributed by atoms with Gasteiger partial charge in [0.05, 0.1) is 6.10 Å². The summed E-state index contributed by atoms with van der Waals surface area (Å²) in [5, 5.41) is 19.1. The van der Waals surface area contributed by atoms with Gasteiger partial charge < -0.3 is 19.8 Å². The van der Waals surface area contributed by atoms with Crippen LogP contribution in [0.4, 0.5) is 4.79 Å². The van der Waals surface area contributed by atoms with Crippen LogP contribution in [0.15, 0.2) is 0 Å². The van der Waals surface area contributed by atoms with E-state index in [4.69, 9.17) is 4.74 Å². The number of likely N-dealkylation sites (tertiary alicyclic amines) is 1. The summed E-state index contributed by atoms with van der Waals surface area (Å²) in [6, 6.07) is -2.02. The van der Waals surface area contributed by atoms with Crippen LogP contribution in [0.3, 0.4) is 0 Å². The van der Waals surface area contributed by atoms with Crippen LogP contribution in [0.25, 0.3) is 0 Å². The van der Waals surface area contributed by atoms with E-state index in [1.54, 1.807) is 41.5 Å². The first kappa shape index (κ1) is 21.2. The Labute approximate surface area is 148 Å². The lowest BCUT2D eigenvalue weighted by Gasteiger charge is -2.40. The Morgan fingerprint density at radius 3 is 2.08 bits per heavy atom. The summed E-state index contributed by atoms with van der Waals surface area (Å²) >= 11 is 0. The number of hydrogen-bond acceptors (Lipinski definition) is 5. The van der Waals surface area contributed by atoms with Crippen LogP contribution in [0.1, 0.15) is 48.0 Å². The van der Waals surface area contributed by atoms with Gasteiger partial charge in [-0.05, 0) is 26.2 Å². The second-order valence-corrected chi connectivity index (χ2v) is 8.59. The Hall–Kier alpha value is -1.83. The Morgan fingerprint density at radius 1 is 1.16 bits per heavy atom. The first-order valence-electron chi connectivity index (χ1n) is 8.32. The average molecular weight is 358 g/mol. The topological polar surface area (TPSA) is 107 Å². The standard InChI is InChI=1S/C17H30N2O6/c1-16(2,3)12(18(7)15(24)25-17(4,5)6)13(21)19-9-10(20)8-11(19)14(22)23/h10-12,20H,8-9H2,1-7H3,(H,22,23)/t10-,11+,12-/m1/s1. The van der Waals surface area contributed by atoms with Gasteiger partial charge in [0.25, 0.3) is 0 Å². The number of nitrogens with zero attached hydrogens (tertiary/aromatic N) is 2. The SMILES string of the molecule is CN(C(=O)OC(C)(C)C)[C@H](C(=O)N1C[C@H](O)C[C@H]1C(=O)O)C(C)(C)C. The lowest BCUT2D eigenvalue weighted by molar-refractivity contribution is -0.152. The highest BCUT2D eigenvalue weighted by atomic mass is 16.6. The van der Waals surface area contributed by atoms with Crippen LogP contribution in [0.2, 0.25) is 0 Å². The molecule has 8 nitrogen and oxygen atoms in total. The Kier molecular flexibility index (Phi) is 6.10. The molecule has 1 aliphatic rings. The van der Waals surface area contributed by atoms with Crippen molar-refractivity contribution in [1.29, 1.82) is 0 Å².